The van der Waals surface area contributed by atoms with Gasteiger partial charge in [-0.1, -0.05) is 31.2 Å². The fourth-order valence-corrected chi connectivity index (χ4v) is 4.63. The molecule has 168 valence electrons. The molecular weight excluding hydrogens is 402 g/mol. The number of carbonyl (C=O) groups is 3. The fraction of sp³-hybridized carbons (Fsp3) is 0.423. The quantitative estimate of drug-likeness (QED) is 0.665. The number of nitrogens with zero attached hydrogens (tertiary/aromatic N) is 2. The van der Waals surface area contributed by atoms with Crippen molar-refractivity contribution in [3.05, 3.63) is 65.2 Å². The number of amides is 3. The molecule has 2 aliphatic heterocycles. The van der Waals surface area contributed by atoms with Crippen LogP contribution in [0.1, 0.15) is 71.9 Å². The maximum atomic E-state index is 12.4. The van der Waals surface area contributed by atoms with E-state index >= 15 is 0 Å². The Morgan fingerprint density at radius 1 is 1.06 bits per heavy atom. The van der Waals surface area contributed by atoms with E-state index in [1.807, 2.05) is 6.92 Å². The zero-order valence-corrected chi connectivity index (χ0v) is 18.8. The van der Waals surface area contributed by atoms with E-state index < -0.39 is 0 Å². The number of rotatable bonds is 7. The summed E-state index contributed by atoms with van der Waals surface area (Å²) >= 11 is 0. The third-order valence-corrected chi connectivity index (χ3v) is 6.46. The second kappa shape index (κ2) is 9.55. The smallest absolute Gasteiger partial charge is 0.261 e. The van der Waals surface area contributed by atoms with Crippen LogP contribution in [-0.2, 0) is 4.79 Å². The Morgan fingerprint density at radius 2 is 1.72 bits per heavy atom. The van der Waals surface area contributed by atoms with E-state index in [0.717, 1.165) is 24.6 Å². The maximum Gasteiger partial charge on any atom is 0.261 e. The Kier molecular flexibility index (Phi) is 6.58. The highest BCUT2D eigenvalue weighted by Crippen LogP contribution is 2.25. The number of imide groups is 1. The summed E-state index contributed by atoms with van der Waals surface area (Å²) in [7, 11) is 0. The molecule has 1 fully saturated rings. The Bertz CT molecular complexity index is 967. The van der Waals surface area contributed by atoms with Crippen molar-refractivity contribution in [2.75, 3.05) is 24.5 Å². The van der Waals surface area contributed by atoms with Crippen molar-refractivity contribution < 1.29 is 14.4 Å². The number of hydrogen-bond acceptors (Lipinski definition) is 4. The molecule has 3 amide bonds. The molecule has 4 rings (SSSR count). The average molecular weight is 434 g/mol. The molecule has 2 atom stereocenters. The van der Waals surface area contributed by atoms with Crippen LogP contribution < -0.4 is 10.2 Å². The van der Waals surface area contributed by atoms with E-state index in [0.29, 0.717) is 17.5 Å². The topological polar surface area (TPSA) is 69.7 Å². The second-order valence-electron chi connectivity index (χ2n) is 8.99. The van der Waals surface area contributed by atoms with Gasteiger partial charge in [-0.15, -0.1) is 0 Å². The minimum atomic E-state index is -0.275. The van der Waals surface area contributed by atoms with E-state index in [2.05, 4.69) is 41.4 Å². The third-order valence-electron chi connectivity index (χ3n) is 6.46. The predicted octanol–water partition coefficient (Wildman–Crippen LogP) is 4.18. The van der Waals surface area contributed by atoms with Crippen molar-refractivity contribution in [1.82, 2.24) is 10.2 Å². The van der Waals surface area contributed by atoms with E-state index in [4.69, 9.17) is 0 Å². The Labute approximate surface area is 189 Å². The van der Waals surface area contributed by atoms with Crippen LogP contribution in [0.25, 0.3) is 0 Å². The number of anilines is 1. The molecule has 2 unspecified atom stereocenters. The molecule has 2 heterocycles. The summed E-state index contributed by atoms with van der Waals surface area (Å²) in [6.45, 7) is 6.71. The van der Waals surface area contributed by atoms with Gasteiger partial charge in [-0.25, -0.2) is 0 Å². The summed E-state index contributed by atoms with van der Waals surface area (Å²) in [5, 5.41) is 3.03. The molecule has 32 heavy (non-hydrogen) atoms. The van der Waals surface area contributed by atoms with Crippen LogP contribution in [0.2, 0.25) is 0 Å². The largest absolute Gasteiger partial charge is 0.371 e. The third kappa shape index (κ3) is 4.69. The molecule has 2 aliphatic rings. The van der Waals surface area contributed by atoms with Gasteiger partial charge in [0.1, 0.15) is 0 Å². The number of fused-ring (bicyclic) bond motifs is 1. The van der Waals surface area contributed by atoms with Gasteiger partial charge >= 0.3 is 0 Å². The lowest BCUT2D eigenvalue weighted by Gasteiger charge is -2.33. The minimum absolute atomic E-state index is 0.0805. The second-order valence-corrected chi connectivity index (χ2v) is 8.99. The van der Waals surface area contributed by atoms with Gasteiger partial charge in [0.05, 0.1) is 17.2 Å². The number of piperidine rings is 1. The highest BCUT2D eigenvalue weighted by molar-refractivity contribution is 6.21. The first kappa shape index (κ1) is 22.1. The summed E-state index contributed by atoms with van der Waals surface area (Å²) in [5.41, 5.74) is 3.18. The van der Waals surface area contributed by atoms with Gasteiger partial charge < -0.3 is 10.2 Å². The first-order valence-corrected chi connectivity index (χ1v) is 11.5. The van der Waals surface area contributed by atoms with Crippen molar-refractivity contribution in [2.45, 2.75) is 45.6 Å². The lowest BCUT2D eigenvalue weighted by atomic mass is 9.99. The fourth-order valence-electron chi connectivity index (χ4n) is 4.63. The maximum absolute atomic E-state index is 12.4. The summed E-state index contributed by atoms with van der Waals surface area (Å²) in [4.78, 5) is 40.9. The molecule has 2 aromatic carbocycles. The Balaban J connectivity index is 1.25. The molecule has 0 aliphatic carbocycles. The average Bonchev–Trinajstić information content (AvgIpc) is 3.04. The number of nitrogens with one attached hydrogen (secondary N) is 1. The minimum Gasteiger partial charge on any atom is -0.371 e. The highest BCUT2D eigenvalue weighted by Gasteiger charge is 2.34. The van der Waals surface area contributed by atoms with Crippen LogP contribution in [0, 0.1) is 5.92 Å². The molecule has 0 saturated carbocycles. The SMILES string of the molecule is CC1CCCN(c2ccc(C(C)NC(=O)CCCN3C(=O)c4ccccc4C3=O)cc2)C1. The van der Waals surface area contributed by atoms with Gasteiger partial charge in [-0.2, -0.15) is 0 Å². The van der Waals surface area contributed by atoms with Crippen molar-refractivity contribution in [2.24, 2.45) is 5.92 Å². The van der Waals surface area contributed by atoms with Crippen molar-refractivity contribution in [3.63, 3.8) is 0 Å². The van der Waals surface area contributed by atoms with E-state index in [9.17, 15) is 14.4 Å². The molecular formula is C26H31N3O3. The molecule has 6 nitrogen and oxygen atoms in total. The predicted molar refractivity (Wildman–Crippen MR) is 125 cm³/mol. The zero-order valence-electron chi connectivity index (χ0n) is 18.8. The molecule has 1 N–H and O–H groups in total. The lowest BCUT2D eigenvalue weighted by molar-refractivity contribution is -0.121. The summed E-state index contributed by atoms with van der Waals surface area (Å²) in [6, 6.07) is 15.2. The van der Waals surface area contributed by atoms with Crippen LogP contribution in [0.3, 0.4) is 0 Å². The summed E-state index contributed by atoms with van der Waals surface area (Å²) in [6.07, 6.45) is 3.23. The standard InChI is InChI=1S/C26H31N3O3/c1-18-7-5-15-28(17-18)21-13-11-20(12-14-21)19(2)27-24(30)10-6-16-29-25(31)22-8-3-4-9-23(22)26(29)32/h3-4,8-9,11-14,18-19H,5-7,10,15-17H2,1-2H3,(H,27,30). The van der Waals surface area contributed by atoms with E-state index in [1.54, 1.807) is 24.3 Å². The van der Waals surface area contributed by atoms with Crippen LogP contribution >= 0.6 is 0 Å². The number of benzene rings is 2. The van der Waals surface area contributed by atoms with Gasteiger partial charge in [-0.05, 0) is 61.9 Å². The number of hydrogen-bond donors (Lipinski definition) is 1. The zero-order chi connectivity index (χ0) is 22.7. The van der Waals surface area contributed by atoms with Crippen LogP contribution in [0.5, 0.6) is 0 Å². The van der Waals surface area contributed by atoms with E-state index in [1.165, 1.54) is 23.4 Å². The summed E-state index contributed by atoms with van der Waals surface area (Å²) in [5.74, 6) is 0.0927. The van der Waals surface area contributed by atoms with Gasteiger partial charge in [0.15, 0.2) is 0 Å². The van der Waals surface area contributed by atoms with Gasteiger partial charge in [0, 0.05) is 31.7 Å². The van der Waals surface area contributed by atoms with Crippen LogP contribution in [0.4, 0.5) is 5.69 Å². The molecule has 6 heteroatoms. The molecule has 0 bridgehead atoms. The van der Waals surface area contributed by atoms with Crippen molar-refractivity contribution in [3.8, 4) is 0 Å². The van der Waals surface area contributed by atoms with Gasteiger partial charge in [-0.3, -0.25) is 19.3 Å². The van der Waals surface area contributed by atoms with E-state index in [-0.39, 0.29) is 36.7 Å². The first-order valence-electron chi connectivity index (χ1n) is 11.5. The van der Waals surface area contributed by atoms with Crippen molar-refractivity contribution in [1.29, 1.82) is 0 Å². The Morgan fingerprint density at radius 3 is 2.34 bits per heavy atom. The normalized spacial score (nSPS) is 19.1. The molecule has 0 spiro atoms. The Hall–Kier alpha value is -3.15. The van der Waals surface area contributed by atoms with Crippen LogP contribution in [0.15, 0.2) is 48.5 Å². The monoisotopic (exact) mass is 433 g/mol. The molecule has 0 radical (unpaired) electrons. The molecule has 1 saturated heterocycles. The number of carbonyl (C=O) groups excluding carboxylic acids is 3. The highest BCUT2D eigenvalue weighted by atomic mass is 16.2. The first-order chi connectivity index (χ1) is 15.4. The molecule has 0 aromatic heterocycles. The lowest BCUT2D eigenvalue weighted by Crippen LogP contribution is -2.34. The molecule has 2 aromatic rings. The van der Waals surface area contributed by atoms with Gasteiger partial charge in [0.25, 0.3) is 11.8 Å². The van der Waals surface area contributed by atoms with Crippen molar-refractivity contribution >= 4 is 23.4 Å². The summed E-state index contributed by atoms with van der Waals surface area (Å²) < 4.78 is 0. The van der Waals surface area contributed by atoms with Gasteiger partial charge in [0.2, 0.25) is 5.91 Å². The van der Waals surface area contributed by atoms with Crippen LogP contribution in [-0.4, -0.2) is 42.3 Å².